The Hall–Kier alpha value is -4.89. The number of fused-ring (bicyclic) bond motifs is 3. The second-order valence-electron chi connectivity index (χ2n) is 10.9. The number of carbonyl (C=O) groups is 1. The molecule has 9 heteroatoms. The van der Waals surface area contributed by atoms with Crippen molar-refractivity contribution in [2.24, 2.45) is 0 Å². The lowest BCUT2D eigenvalue weighted by molar-refractivity contribution is 0.101. The van der Waals surface area contributed by atoms with Gasteiger partial charge in [0.15, 0.2) is 11.6 Å². The first-order chi connectivity index (χ1) is 21.0. The van der Waals surface area contributed by atoms with E-state index in [-0.39, 0.29) is 5.78 Å². The van der Waals surface area contributed by atoms with Gasteiger partial charge in [0.2, 0.25) is 5.95 Å². The Kier molecular flexibility index (Phi) is 6.95. The van der Waals surface area contributed by atoms with Crippen LogP contribution in [-0.2, 0) is 0 Å². The number of thiophene rings is 1. The molecule has 1 aliphatic heterocycles. The summed E-state index contributed by atoms with van der Waals surface area (Å²) in [4.78, 5) is 29.5. The minimum Gasteiger partial charge on any atom is -0.368 e. The molecule has 214 valence electrons. The number of nitrogens with zero attached hydrogens (tertiary/aromatic N) is 7. The highest BCUT2D eigenvalue weighted by Gasteiger charge is 2.27. The van der Waals surface area contributed by atoms with Gasteiger partial charge in [-0.1, -0.05) is 60.7 Å². The molecule has 1 saturated heterocycles. The van der Waals surface area contributed by atoms with Crippen molar-refractivity contribution in [3.8, 4) is 22.4 Å². The SMILES string of the molecule is CC(=O)c1ccc(N2CCN(c3nc(N(C)C)nc4c3sc3nnc(-c5ccccc5)c(-c5ccccc5)c34)CC2)cc1. The minimum absolute atomic E-state index is 0.0835. The van der Waals surface area contributed by atoms with Crippen LogP contribution in [0.5, 0.6) is 0 Å². The van der Waals surface area contributed by atoms with Crippen LogP contribution in [0.25, 0.3) is 42.8 Å². The second kappa shape index (κ2) is 11.1. The first kappa shape index (κ1) is 27.0. The summed E-state index contributed by atoms with van der Waals surface area (Å²) in [6, 6.07) is 28.5. The number of benzene rings is 3. The van der Waals surface area contributed by atoms with E-state index in [9.17, 15) is 4.79 Å². The molecule has 0 bridgehead atoms. The van der Waals surface area contributed by atoms with Crippen LogP contribution in [0, 0.1) is 0 Å². The Bertz CT molecular complexity index is 1930. The molecule has 3 aromatic carbocycles. The molecule has 0 aliphatic carbocycles. The lowest BCUT2D eigenvalue weighted by Crippen LogP contribution is -2.47. The predicted octanol–water partition coefficient (Wildman–Crippen LogP) is 6.56. The fourth-order valence-electron chi connectivity index (χ4n) is 5.68. The van der Waals surface area contributed by atoms with E-state index in [4.69, 9.17) is 20.2 Å². The molecule has 0 saturated carbocycles. The number of aromatic nitrogens is 4. The maximum atomic E-state index is 11.7. The van der Waals surface area contributed by atoms with Crippen molar-refractivity contribution in [2.45, 2.75) is 6.92 Å². The fraction of sp³-hybridized carbons (Fsp3) is 0.206. The van der Waals surface area contributed by atoms with Gasteiger partial charge in [-0.05, 0) is 36.8 Å². The number of Topliss-reactive ketones (excluding diaryl/α,β-unsaturated/α-hetero) is 1. The zero-order chi connectivity index (χ0) is 29.5. The lowest BCUT2D eigenvalue weighted by Gasteiger charge is -2.37. The van der Waals surface area contributed by atoms with Crippen LogP contribution in [0.3, 0.4) is 0 Å². The number of anilines is 3. The van der Waals surface area contributed by atoms with Crippen molar-refractivity contribution in [3.63, 3.8) is 0 Å². The van der Waals surface area contributed by atoms with Gasteiger partial charge in [-0.3, -0.25) is 4.79 Å². The number of rotatable bonds is 6. The van der Waals surface area contributed by atoms with Crippen molar-refractivity contribution in [1.82, 2.24) is 20.2 Å². The minimum atomic E-state index is 0.0835. The molecule has 8 nitrogen and oxygen atoms in total. The molecule has 7 rings (SSSR count). The number of carbonyl (C=O) groups excluding carboxylic acids is 1. The molecule has 1 fully saturated rings. The van der Waals surface area contributed by atoms with E-state index in [0.29, 0.717) is 5.95 Å². The van der Waals surface area contributed by atoms with Crippen LogP contribution < -0.4 is 14.7 Å². The normalized spacial score (nSPS) is 13.6. The van der Waals surface area contributed by atoms with Crippen LogP contribution in [0.15, 0.2) is 84.9 Å². The molecule has 0 amide bonds. The standard InChI is InChI=1S/C34H31N7OS/c1-22(42)23-14-16-26(17-15-23)40-18-20-41(21-19-40)32-31-30(35-34(36-32)39(2)3)28-27(24-10-6-4-7-11-24)29(37-38-33(28)43-31)25-12-8-5-9-13-25/h4-17H,18-21H2,1-3H3. The van der Waals surface area contributed by atoms with Crippen LogP contribution >= 0.6 is 11.3 Å². The molecule has 1 aliphatic rings. The maximum absolute atomic E-state index is 11.7. The highest BCUT2D eigenvalue weighted by Crippen LogP contribution is 2.45. The monoisotopic (exact) mass is 585 g/mol. The van der Waals surface area contributed by atoms with E-state index in [0.717, 1.165) is 86.1 Å². The molecule has 0 unspecified atom stereocenters. The first-order valence-corrected chi connectivity index (χ1v) is 15.2. The van der Waals surface area contributed by atoms with Gasteiger partial charge in [0.1, 0.15) is 10.5 Å². The van der Waals surface area contributed by atoms with Gasteiger partial charge in [0.25, 0.3) is 0 Å². The van der Waals surface area contributed by atoms with Crippen molar-refractivity contribution in [2.75, 3.05) is 55.0 Å². The Balaban J connectivity index is 1.35. The Labute approximate surface area is 254 Å². The molecule has 0 atom stereocenters. The van der Waals surface area contributed by atoms with Gasteiger partial charge in [-0.2, -0.15) is 4.98 Å². The van der Waals surface area contributed by atoms with Gasteiger partial charge in [0.05, 0.1) is 10.2 Å². The van der Waals surface area contributed by atoms with Crippen LogP contribution in [0.1, 0.15) is 17.3 Å². The molecular weight excluding hydrogens is 554 g/mol. The van der Waals surface area contributed by atoms with E-state index in [1.165, 1.54) is 0 Å². The molecule has 43 heavy (non-hydrogen) atoms. The summed E-state index contributed by atoms with van der Waals surface area (Å²) in [7, 11) is 3.96. The van der Waals surface area contributed by atoms with Gasteiger partial charge >= 0.3 is 0 Å². The first-order valence-electron chi connectivity index (χ1n) is 14.4. The van der Waals surface area contributed by atoms with E-state index >= 15 is 0 Å². The number of ketones is 1. The summed E-state index contributed by atoms with van der Waals surface area (Å²) in [5.41, 5.74) is 6.75. The summed E-state index contributed by atoms with van der Waals surface area (Å²) >= 11 is 1.61. The van der Waals surface area contributed by atoms with Crippen LogP contribution in [-0.4, -0.2) is 66.2 Å². The molecule has 4 heterocycles. The summed E-state index contributed by atoms with van der Waals surface area (Å²) in [5.74, 6) is 1.69. The van der Waals surface area contributed by atoms with E-state index < -0.39 is 0 Å². The maximum Gasteiger partial charge on any atom is 0.227 e. The number of piperazine rings is 1. The van der Waals surface area contributed by atoms with Crippen molar-refractivity contribution < 1.29 is 4.79 Å². The van der Waals surface area contributed by atoms with Gasteiger partial charge in [0, 0.05) is 68.0 Å². The second-order valence-corrected chi connectivity index (χ2v) is 11.9. The molecule has 3 aromatic heterocycles. The Morgan fingerprint density at radius 2 is 1.40 bits per heavy atom. The average molecular weight is 586 g/mol. The van der Waals surface area contributed by atoms with Crippen LogP contribution in [0.2, 0.25) is 0 Å². The average Bonchev–Trinajstić information content (AvgIpc) is 3.43. The fourth-order valence-corrected chi connectivity index (χ4v) is 6.77. The third-order valence-electron chi connectivity index (χ3n) is 7.94. The zero-order valence-electron chi connectivity index (χ0n) is 24.4. The lowest BCUT2D eigenvalue weighted by atomic mass is 9.97. The smallest absolute Gasteiger partial charge is 0.227 e. The van der Waals surface area contributed by atoms with Gasteiger partial charge in [-0.25, -0.2) is 4.98 Å². The highest BCUT2D eigenvalue weighted by molar-refractivity contribution is 7.26. The van der Waals surface area contributed by atoms with Crippen molar-refractivity contribution in [3.05, 3.63) is 90.5 Å². The van der Waals surface area contributed by atoms with E-state index in [1.54, 1.807) is 18.3 Å². The largest absolute Gasteiger partial charge is 0.368 e. The van der Waals surface area contributed by atoms with Gasteiger partial charge in [-0.15, -0.1) is 21.5 Å². The van der Waals surface area contributed by atoms with E-state index in [1.807, 2.05) is 67.5 Å². The summed E-state index contributed by atoms with van der Waals surface area (Å²) < 4.78 is 1.02. The van der Waals surface area contributed by atoms with Crippen LogP contribution in [0.4, 0.5) is 17.5 Å². The third-order valence-corrected chi connectivity index (χ3v) is 9.00. The van der Waals surface area contributed by atoms with Gasteiger partial charge < -0.3 is 14.7 Å². The zero-order valence-corrected chi connectivity index (χ0v) is 25.2. The number of hydrogen-bond donors (Lipinski definition) is 0. The molecule has 0 N–H and O–H groups in total. The Morgan fingerprint density at radius 1 is 0.767 bits per heavy atom. The molecular formula is C34H31N7OS. The Morgan fingerprint density at radius 3 is 2.02 bits per heavy atom. The summed E-state index contributed by atoms with van der Waals surface area (Å²) in [6.45, 7) is 4.92. The molecule has 0 spiro atoms. The predicted molar refractivity (Wildman–Crippen MR) is 177 cm³/mol. The third kappa shape index (κ3) is 4.95. The highest BCUT2D eigenvalue weighted by atomic mass is 32.1. The molecule has 6 aromatic rings. The van der Waals surface area contributed by atoms with Crippen molar-refractivity contribution >= 4 is 55.0 Å². The summed E-state index contributed by atoms with van der Waals surface area (Å²) in [6.07, 6.45) is 0. The molecule has 0 radical (unpaired) electrons. The van der Waals surface area contributed by atoms with Crippen molar-refractivity contribution in [1.29, 1.82) is 0 Å². The number of hydrogen-bond acceptors (Lipinski definition) is 9. The summed E-state index contributed by atoms with van der Waals surface area (Å²) in [5, 5.41) is 10.5. The topological polar surface area (TPSA) is 78.4 Å². The quantitative estimate of drug-likeness (QED) is 0.203. The van der Waals surface area contributed by atoms with E-state index in [2.05, 4.69) is 46.2 Å².